The Morgan fingerprint density at radius 2 is 1.79 bits per heavy atom. The third-order valence-corrected chi connectivity index (χ3v) is 4.96. The summed E-state index contributed by atoms with van der Waals surface area (Å²) in [7, 11) is 1.84. The molecule has 0 radical (unpaired) electrons. The van der Waals surface area contributed by atoms with Crippen LogP contribution in [-0.2, 0) is 11.8 Å². The molecule has 2 amide bonds. The van der Waals surface area contributed by atoms with E-state index in [0.717, 1.165) is 18.4 Å². The molecule has 1 fully saturated rings. The Balaban J connectivity index is 1.52. The summed E-state index contributed by atoms with van der Waals surface area (Å²) in [4.78, 5) is 29.0. The number of aromatic nitrogens is 2. The van der Waals surface area contributed by atoms with E-state index in [2.05, 4.69) is 15.6 Å². The molecule has 7 heteroatoms. The second-order valence-electron chi connectivity index (χ2n) is 7.20. The van der Waals surface area contributed by atoms with Crippen LogP contribution in [0.15, 0.2) is 60.9 Å². The number of aryl methyl sites for hydroxylation is 1. The predicted octanol–water partition coefficient (Wildman–Crippen LogP) is 3.43. The molecule has 29 heavy (non-hydrogen) atoms. The summed E-state index contributed by atoms with van der Waals surface area (Å²) < 4.78 is 15.2. The van der Waals surface area contributed by atoms with E-state index in [9.17, 15) is 14.0 Å². The number of hydrogen-bond acceptors (Lipinski definition) is 3. The van der Waals surface area contributed by atoms with E-state index in [0.29, 0.717) is 17.1 Å². The first-order chi connectivity index (χ1) is 14.0. The number of amides is 2. The number of imidazole rings is 1. The lowest BCUT2D eigenvalue weighted by molar-refractivity contribution is -0.117. The van der Waals surface area contributed by atoms with Crippen LogP contribution in [0.1, 0.15) is 40.6 Å². The van der Waals surface area contributed by atoms with E-state index < -0.39 is 6.04 Å². The Morgan fingerprint density at radius 3 is 2.38 bits per heavy atom. The summed E-state index contributed by atoms with van der Waals surface area (Å²) in [6.45, 7) is 0. The maximum absolute atomic E-state index is 13.3. The smallest absolute Gasteiger partial charge is 0.252 e. The summed E-state index contributed by atoms with van der Waals surface area (Å²) in [6, 6.07) is 12.2. The fourth-order valence-corrected chi connectivity index (χ4v) is 3.12. The first kappa shape index (κ1) is 18.9. The molecule has 1 atom stereocenters. The Morgan fingerprint density at radius 1 is 1.10 bits per heavy atom. The molecular weight excluding hydrogens is 371 g/mol. The van der Waals surface area contributed by atoms with Crippen LogP contribution in [0.25, 0.3) is 0 Å². The Kier molecular flexibility index (Phi) is 5.12. The van der Waals surface area contributed by atoms with Gasteiger partial charge in [0.05, 0.1) is 0 Å². The number of nitrogens with one attached hydrogen (secondary N) is 2. The highest BCUT2D eigenvalue weighted by Gasteiger charge is 2.29. The Hall–Kier alpha value is -3.48. The van der Waals surface area contributed by atoms with Crippen molar-refractivity contribution in [1.29, 1.82) is 0 Å². The number of nitrogens with zero attached hydrogens (tertiary/aromatic N) is 2. The van der Waals surface area contributed by atoms with Crippen LogP contribution in [0.5, 0.6) is 0 Å². The first-order valence-electron chi connectivity index (χ1n) is 9.46. The standard InChI is InChI=1S/C22H21FN4O2/c1-27-13-12-24-20(27)19(14-4-8-17(23)9-5-14)26-22(29)16-6-10-18(11-7-16)25-21(28)15-2-3-15/h4-13,15,19H,2-3H2,1H3,(H,25,28)(H,26,29)/t19-/m0/s1. The topological polar surface area (TPSA) is 76.0 Å². The van der Waals surface area contributed by atoms with Gasteiger partial charge < -0.3 is 15.2 Å². The number of rotatable bonds is 6. The number of hydrogen-bond donors (Lipinski definition) is 2. The third-order valence-electron chi connectivity index (χ3n) is 4.96. The molecule has 1 saturated carbocycles. The van der Waals surface area contributed by atoms with E-state index in [1.807, 2.05) is 11.6 Å². The number of carbonyl (C=O) groups is 2. The fraction of sp³-hybridized carbons (Fsp3) is 0.227. The maximum atomic E-state index is 13.3. The van der Waals surface area contributed by atoms with Crippen molar-refractivity contribution in [2.75, 3.05) is 5.32 Å². The normalized spacial score (nSPS) is 14.3. The van der Waals surface area contributed by atoms with Crippen LogP contribution in [0.2, 0.25) is 0 Å². The van der Waals surface area contributed by atoms with Crippen molar-refractivity contribution < 1.29 is 14.0 Å². The molecule has 1 aliphatic carbocycles. The monoisotopic (exact) mass is 392 g/mol. The minimum atomic E-state index is -0.530. The summed E-state index contributed by atoms with van der Waals surface area (Å²) in [5, 5.41) is 5.82. The number of anilines is 1. The number of carbonyl (C=O) groups excluding carboxylic acids is 2. The Labute approximate surface area is 167 Å². The van der Waals surface area contributed by atoms with Gasteiger partial charge in [-0.3, -0.25) is 9.59 Å². The summed E-state index contributed by atoms with van der Waals surface area (Å²) in [5.74, 6) is 0.142. The lowest BCUT2D eigenvalue weighted by Crippen LogP contribution is -2.31. The van der Waals surface area contributed by atoms with Gasteiger partial charge in [-0.25, -0.2) is 9.37 Å². The van der Waals surface area contributed by atoms with Crippen molar-refractivity contribution in [3.05, 3.63) is 83.7 Å². The average molecular weight is 392 g/mol. The second-order valence-corrected chi connectivity index (χ2v) is 7.20. The van der Waals surface area contributed by atoms with Gasteiger partial charge in [0.25, 0.3) is 5.91 Å². The molecule has 1 aromatic heterocycles. The minimum Gasteiger partial charge on any atom is -0.338 e. The number of benzene rings is 2. The van der Waals surface area contributed by atoms with Crippen LogP contribution in [0.3, 0.4) is 0 Å². The van der Waals surface area contributed by atoms with Crippen molar-refractivity contribution in [2.45, 2.75) is 18.9 Å². The van der Waals surface area contributed by atoms with Gasteiger partial charge in [-0.05, 0) is 54.8 Å². The molecule has 4 rings (SSSR count). The molecule has 3 aromatic rings. The molecule has 0 saturated heterocycles. The fourth-order valence-electron chi connectivity index (χ4n) is 3.12. The average Bonchev–Trinajstić information content (AvgIpc) is 3.49. The quantitative estimate of drug-likeness (QED) is 0.675. The molecule has 1 aliphatic rings. The zero-order valence-corrected chi connectivity index (χ0v) is 15.9. The van der Waals surface area contributed by atoms with E-state index in [1.54, 1.807) is 48.8 Å². The molecule has 6 nitrogen and oxygen atoms in total. The lowest BCUT2D eigenvalue weighted by Gasteiger charge is -2.19. The Bertz CT molecular complexity index is 1020. The van der Waals surface area contributed by atoms with Gasteiger partial charge >= 0.3 is 0 Å². The highest BCUT2D eigenvalue weighted by Crippen LogP contribution is 2.30. The van der Waals surface area contributed by atoms with Gasteiger partial charge in [-0.1, -0.05) is 12.1 Å². The van der Waals surface area contributed by atoms with Crippen molar-refractivity contribution >= 4 is 17.5 Å². The second kappa shape index (κ2) is 7.87. The molecule has 0 unspecified atom stereocenters. The molecular formula is C22H21FN4O2. The molecule has 2 N–H and O–H groups in total. The SMILES string of the molecule is Cn1ccnc1[C@@H](NC(=O)c1ccc(NC(=O)C2CC2)cc1)c1ccc(F)cc1. The van der Waals surface area contributed by atoms with Gasteiger partial charge in [0.2, 0.25) is 5.91 Å². The summed E-state index contributed by atoms with van der Waals surface area (Å²) >= 11 is 0. The van der Waals surface area contributed by atoms with E-state index in [1.165, 1.54) is 12.1 Å². The van der Waals surface area contributed by atoms with E-state index >= 15 is 0 Å². The van der Waals surface area contributed by atoms with Crippen LogP contribution < -0.4 is 10.6 Å². The van der Waals surface area contributed by atoms with Gasteiger partial charge in [0.15, 0.2) is 0 Å². The van der Waals surface area contributed by atoms with Crippen molar-refractivity contribution in [2.24, 2.45) is 13.0 Å². The molecule has 148 valence electrons. The molecule has 1 heterocycles. The van der Waals surface area contributed by atoms with Crippen molar-refractivity contribution in [3.63, 3.8) is 0 Å². The zero-order chi connectivity index (χ0) is 20.4. The largest absolute Gasteiger partial charge is 0.338 e. The van der Waals surface area contributed by atoms with E-state index in [4.69, 9.17) is 0 Å². The minimum absolute atomic E-state index is 0.0216. The summed E-state index contributed by atoms with van der Waals surface area (Å²) in [6.07, 6.45) is 5.30. The third kappa shape index (κ3) is 4.34. The molecule has 2 aromatic carbocycles. The van der Waals surface area contributed by atoms with Gasteiger partial charge in [-0.15, -0.1) is 0 Å². The van der Waals surface area contributed by atoms with Crippen molar-refractivity contribution in [3.8, 4) is 0 Å². The van der Waals surface area contributed by atoms with Crippen LogP contribution in [-0.4, -0.2) is 21.4 Å². The predicted molar refractivity (Wildman–Crippen MR) is 107 cm³/mol. The lowest BCUT2D eigenvalue weighted by atomic mass is 10.0. The van der Waals surface area contributed by atoms with Gasteiger partial charge in [0.1, 0.15) is 17.7 Å². The van der Waals surface area contributed by atoms with Crippen LogP contribution >= 0.6 is 0 Å². The molecule has 0 spiro atoms. The molecule has 0 aliphatic heterocycles. The number of halogens is 1. The van der Waals surface area contributed by atoms with Crippen LogP contribution in [0.4, 0.5) is 10.1 Å². The highest BCUT2D eigenvalue weighted by atomic mass is 19.1. The van der Waals surface area contributed by atoms with E-state index in [-0.39, 0.29) is 23.5 Å². The maximum Gasteiger partial charge on any atom is 0.252 e. The van der Waals surface area contributed by atoms with Crippen molar-refractivity contribution in [1.82, 2.24) is 14.9 Å². The van der Waals surface area contributed by atoms with Gasteiger partial charge in [0, 0.05) is 36.6 Å². The zero-order valence-electron chi connectivity index (χ0n) is 15.9. The van der Waals surface area contributed by atoms with Crippen LogP contribution in [0, 0.1) is 11.7 Å². The van der Waals surface area contributed by atoms with Gasteiger partial charge in [-0.2, -0.15) is 0 Å². The highest BCUT2D eigenvalue weighted by molar-refractivity contribution is 5.97. The first-order valence-corrected chi connectivity index (χ1v) is 9.46. The molecule has 0 bridgehead atoms. The summed E-state index contributed by atoms with van der Waals surface area (Å²) in [5.41, 5.74) is 1.84.